The molecule has 1 heterocycles. The van der Waals surface area contributed by atoms with Crippen molar-refractivity contribution in [2.45, 2.75) is 32.1 Å². The molecule has 3 rings (SSSR count). The number of hydrogen-bond acceptors (Lipinski definition) is 5. The van der Waals surface area contributed by atoms with Crippen LogP contribution in [0.5, 0.6) is 0 Å². The van der Waals surface area contributed by atoms with E-state index in [-0.39, 0.29) is 17.7 Å². The Morgan fingerprint density at radius 1 is 1.20 bits per heavy atom. The van der Waals surface area contributed by atoms with Crippen molar-refractivity contribution in [1.29, 1.82) is 0 Å². The molecule has 0 aromatic heterocycles. The molecule has 2 aliphatic rings. The maximum absolute atomic E-state index is 12.7. The first kappa shape index (κ1) is 17.4. The third kappa shape index (κ3) is 3.11. The molecule has 1 aromatic rings. The summed E-state index contributed by atoms with van der Waals surface area (Å²) in [7, 11) is 5.35. The van der Waals surface area contributed by atoms with Gasteiger partial charge in [-0.3, -0.25) is 14.6 Å². The second-order valence-electron chi connectivity index (χ2n) is 6.85. The van der Waals surface area contributed by atoms with Gasteiger partial charge >= 0.3 is 5.97 Å². The van der Waals surface area contributed by atoms with Gasteiger partial charge in [-0.2, -0.15) is 0 Å². The van der Waals surface area contributed by atoms with Crippen molar-refractivity contribution in [2.75, 3.05) is 26.1 Å². The summed E-state index contributed by atoms with van der Waals surface area (Å²) in [5, 5.41) is 0. The van der Waals surface area contributed by atoms with Gasteiger partial charge < -0.3 is 9.64 Å². The second-order valence-corrected chi connectivity index (χ2v) is 6.85. The number of hydrogen-bond donors (Lipinski definition) is 0. The quantitative estimate of drug-likeness (QED) is 0.793. The first-order valence-electron chi connectivity index (χ1n) is 8.60. The van der Waals surface area contributed by atoms with Crippen molar-refractivity contribution in [3.8, 4) is 0 Å². The number of nitrogens with zero attached hydrogens (tertiary/aromatic N) is 2. The van der Waals surface area contributed by atoms with Crippen LogP contribution in [0.2, 0.25) is 0 Å². The minimum Gasteiger partial charge on any atom is -0.468 e. The van der Waals surface area contributed by atoms with Crippen LogP contribution in [0.25, 0.3) is 0 Å². The van der Waals surface area contributed by atoms with E-state index in [4.69, 9.17) is 4.74 Å². The number of esters is 1. The van der Waals surface area contributed by atoms with Crippen molar-refractivity contribution >= 4 is 23.2 Å². The number of carbonyl (C=O) groups is 2. The third-order valence-corrected chi connectivity index (χ3v) is 5.06. The second kappa shape index (κ2) is 6.82. The normalized spacial score (nSPS) is 23.0. The van der Waals surface area contributed by atoms with E-state index in [2.05, 4.69) is 4.99 Å². The number of methoxy groups -OCH3 is 1. The molecule has 0 amide bonds. The lowest BCUT2D eigenvalue weighted by atomic mass is 9.72. The Morgan fingerprint density at radius 3 is 2.48 bits per heavy atom. The molecule has 0 radical (unpaired) electrons. The van der Waals surface area contributed by atoms with E-state index in [0.717, 1.165) is 35.5 Å². The minimum atomic E-state index is -0.545. The summed E-state index contributed by atoms with van der Waals surface area (Å²) in [4.78, 5) is 31.7. The van der Waals surface area contributed by atoms with Crippen LogP contribution >= 0.6 is 0 Å². The van der Waals surface area contributed by atoms with E-state index in [1.807, 2.05) is 50.2 Å². The maximum Gasteiger partial charge on any atom is 0.315 e. The van der Waals surface area contributed by atoms with Gasteiger partial charge in [0.1, 0.15) is 5.92 Å². The van der Waals surface area contributed by atoms with Gasteiger partial charge in [0.15, 0.2) is 5.78 Å². The van der Waals surface area contributed by atoms with Crippen LogP contribution in [0.3, 0.4) is 0 Å². The van der Waals surface area contributed by atoms with E-state index in [0.29, 0.717) is 12.0 Å². The molecule has 25 heavy (non-hydrogen) atoms. The Bertz CT molecular complexity index is 760. The van der Waals surface area contributed by atoms with Crippen LogP contribution in [0.1, 0.15) is 37.7 Å². The summed E-state index contributed by atoms with van der Waals surface area (Å²) in [5.41, 5.74) is 4.30. The molecule has 5 heteroatoms. The standard InChI is InChI=1S/C20H24N2O3/c1-12-17(20(24)25-4)18(13-8-10-14(11-9-13)22(2)3)19-15(21-12)6-5-7-16(19)23/h8-11,17-18H,5-7H2,1-4H3/t17?,18-/m1/s1. The number of Topliss-reactive ketones (excluding diaryl/α,β-unsaturated/α-hetero) is 1. The van der Waals surface area contributed by atoms with Gasteiger partial charge in [0.2, 0.25) is 0 Å². The smallest absolute Gasteiger partial charge is 0.315 e. The number of allylic oxidation sites excluding steroid dienone is 2. The molecule has 2 atom stereocenters. The van der Waals surface area contributed by atoms with Crippen molar-refractivity contribution in [2.24, 2.45) is 10.9 Å². The fourth-order valence-electron chi connectivity index (χ4n) is 3.78. The highest BCUT2D eigenvalue weighted by Gasteiger charge is 2.42. The maximum atomic E-state index is 12.7. The topological polar surface area (TPSA) is 59.0 Å². The first-order chi connectivity index (χ1) is 11.9. The molecular weight excluding hydrogens is 316 g/mol. The predicted octanol–water partition coefficient (Wildman–Crippen LogP) is 3.11. The molecule has 0 saturated carbocycles. The Balaban J connectivity index is 2.12. The molecule has 1 aliphatic carbocycles. The third-order valence-electron chi connectivity index (χ3n) is 5.06. The Kier molecular flexibility index (Phi) is 4.75. The van der Waals surface area contributed by atoms with E-state index in [1.54, 1.807) is 0 Å². The molecule has 0 spiro atoms. The van der Waals surface area contributed by atoms with Crippen LogP contribution < -0.4 is 4.90 Å². The number of benzene rings is 1. The number of rotatable bonds is 3. The van der Waals surface area contributed by atoms with Gasteiger partial charge in [0, 0.05) is 49.1 Å². The lowest BCUT2D eigenvalue weighted by Gasteiger charge is -2.34. The molecule has 0 N–H and O–H groups in total. The van der Waals surface area contributed by atoms with Crippen LogP contribution in [0, 0.1) is 5.92 Å². The average Bonchev–Trinajstić information content (AvgIpc) is 2.60. The van der Waals surface area contributed by atoms with Crippen LogP contribution in [0.15, 0.2) is 40.5 Å². The summed E-state index contributed by atoms with van der Waals surface area (Å²) in [6.45, 7) is 1.85. The average molecular weight is 340 g/mol. The predicted molar refractivity (Wildman–Crippen MR) is 98.0 cm³/mol. The summed E-state index contributed by atoms with van der Waals surface area (Å²) < 4.78 is 5.03. The molecule has 0 bridgehead atoms. The number of ether oxygens (including phenoxy) is 1. The zero-order chi connectivity index (χ0) is 18.1. The lowest BCUT2D eigenvalue weighted by molar-refractivity contribution is -0.143. The highest BCUT2D eigenvalue weighted by molar-refractivity contribution is 6.08. The number of carbonyl (C=O) groups excluding carboxylic acids is 2. The van der Waals surface area contributed by atoms with E-state index in [9.17, 15) is 9.59 Å². The Hall–Kier alpha value is -2.43. The van der Waals surface area contributed by atoms with Crippen molar-refractivity contribution < 1.29 is 14.3 Å². The number of aliphatic imine (C=N–C) groups is 1. The number of ketones is 1. The van der Waals surface area contributed by atoms with Gasteiger partial charge in [-0.15, -0.1) is 0 Å². The first-order valence-corrected chi connectivity index (χ1v) is 8.60. The summed E-state index contributed by atoms with van der Waals surface area (Å²) in [6.07, 6.45) is 2.13. The summed E-state index contributed by atoms with van der Waals surface area (Å²) in [6, 6.07) is 8.03. The van der Waals surface area contributed by atoms with Crippen molar-refractivity contribution in [1.82, 2.24) is 0 Å². The van der Waals surface area contributed by atoms with Crippen LogP contribution in [-0.2, 0) is 14.3 Å². The largest absolute Gasteiger partial charge is 0.468 e. The fourth-order valence-corrected chi connectivity index (χ4v) is 3.78. The summed E-state index contributed by atoms with van der Waals surface area (Å²) >= 11 is 0. The van der Waals surface area contributed by atoms with Gasteiger partial charge in [0.05, 0.1) is 7.11 Å². The zero-order valence-corrected chi connectivity index (χ0v) is 15.2. The van der Waals surface area contributed by atoms with Crippen LogP contribution in [0.4, 0.5) is 5.69 Å². The molecular formula is C20H24N2O3. The lowest BCUT2D eigenvalue weighted by Crippen LogP contribution is -2.36. The molecule has 5 nitrogen and oxygen atoms in total. The van der Waals surface area contributed by atoms with Crippen molar-refractivity contribution in [3.63, 3.8) is 0 Å². The molecule has 132 valence electrons. The fraction of sp³-hybridized carbons (Fsp3) is 0.450. The van der Waals surface area contributed by atoms with Gasteiger partial charge in [-0.1, -0.05) is 12.1 Å². The SMILES string of the molecule is COC(=O)C1C(C)=NC2=C(C(=O)CCC2)[C@@H]1c1ccc(N(C)C)cc1. The minimum absolute atomic E-state index is 0.105. The number of anilines is 1. The monoisotopic (exact) mass is 340 g/mol. The highest BCUT2D eigenvalue weighted by atomic mass is 16.5. The Morgan fingerprint density at radius 2 is 1.88 bits per heavy atom. The van der Waals surface area contributed by atoms with Crippen molar-refractivity contribution in [3.05, 3.63) is 41.1 Å². The van der Waals surface area contributed by atoms with Crippen LogP contribution in [-0.4, -0.2) is 38.7 Å². The van der Waals surface area contributed by atoms with E-state index < -0.39 is 5.92 Å². The molecule has 1 unspecified atom stereocenters. The molecule has 0 fully saturated rings. The molecule has 1 aliphatic heterocycles. The molecule has 1 aromatic carbocycles. The highest BCUT2D eigenvalue weighted by Crippen LogP contribution is 2.43. The van der Waals surface area contributed by atoms with Gasteiger partial charge in [-0.05, 0) is 37.5 Å². The summed E-state index contributed by atoms with van der Waals surface area (Å²) in [5.74, 6) is -1.10. The Labute approximate surface area is 148 Å². The zero-order valence-electron chi connectivity index (χ0n) is 15.2. The van der Waals surface area contributed by atoms with Gasteiger partial charge in [-0.25, -0.2) is 0 Å². The van der Waals surface area contributed by atoms with E-state index in [1.165, 1.54) is 7.11 Å². The van der Waals surface area contributed by atoms with E-state index >= 15 is 0 Å². The molecule has 0 saturated heterocycles. The van der Waals surface area contributed by atoms with Gasteiger partial charge in [0.25, 0.3) is 0 Å².